The molecule has 5 heteroatoms. The molecule has 0 aliphatic carbocycles. The summed E-state index contributed by atoms with van der Waals surface area (Å²) in [6, 6.07) is 9.29. The Morgan fingerprint density at radius 3 is 2.57 bits per heavy atom. The van der Waals surface area contributed by atoms with E-state index in [9.17, 15) is 8.78 Å². The first-order chi connectivity index (χ1) is 10.0. The van der Waals surface area contributed by atoms with Gasteiger partial charge in [-0.25, -0.2) is 8.78 Å². The van der Waals surface area contributed by atoms with Crippen LogP contribution >= 0.6 is 27.5 Å². The largest absolute Gasteiger partial charge is 0.310 e. The monoisotopic (exact) mass is 373 g/mol. The van der Waals surface area contributed by atoms with E-state index in [2.05, 4.69) is 21.2 Å². The number of nitrogens with one attached hydrogen (secondary N) is 1. The van der Waals surface area contributed by atoms with Crippen molar-refractivity contribution in [3.63, 3.8) is 0 Å². The smallest absolute Gasteiger partial charge is 0.137 e. The molecule has 0 saturated heterocycles. The molecule has 0 aliphatic heterocycles. The Kier molecular flexibility index (Phi) is 5.73. The van der Waals surface area contributed by atoms with E-state index >= 15 is 0 Å². The first kappa shape index (κ1) is 16.4. The van der Waals surface area contributed by atoms with E-state index < -0.39 is 0 Å². The maximum atomic E-state index is 13.7. The molecule has 2 rings (SSSR count). The van der Waals surface area contributed by atoms with Gasteiger partial charge in [-0.3, -0.25) is 0 Å². The first-order valence-corrected chi connectivity index (χ1v) is 7.80. The van der Waals surface area contributed by atoms with Gasteiger partial charge in [0.15, 0.2) is 0 Å². The highest BCUT2D eigenvalue weighted by Crippen LogP contribution is 2.26. The molecule has 0 aliphatic rings. The molecule has 1 N–H and O–H groups in total. The Labute approximate surface area is 136 Å². The van der Waals surface area contributed by atoms with Crippen molar-refractivity contribution < 1.29 is 8.78 Å². The predicted octanol–water partition coefficient (Wildman–Crippen LogP) is 5.27. The minimum absolute atomic E-state index is 0.0828. The minimum Gasteiger partial charge on any atom is -0.310 e. The van der Waals surface area contributed by atoms with E-state index in [0.717, 1.165) is 17.7 Å². The molecule has 1 unspecified atom stereocenters. The second-order valence-electron chi connectivity index (χ2n) is 4.72. The highest BCUT2D eigenvalue weighted by atomic mass is 79.9. The number of hydrogen-bond acceptors (Lipinski definition) is 1. The lowest BCUT2D eigenvalue weighted by molar-refractivity contribution is 0.541. The zero-order valence-corrected chi connectivity index (χ0v) is 13.8. The average Bonchev–Trinajstić information content (AvgIpc) is 2.44. The van der Waals surface area contributed by atoms with Gasteiger partial charge >= 0.3 is 0 Å². The molecule has 2 aromatic rings. The summed E-state index contributed by atoms with van der Waals surface area (Å²) in [6.07, 6.45) is 0.564. The van der Waals surface area contributed by atoms with Gasteiger partial charge in [0.2, 0.25) is 0 Å². The van der Waals surface area contributed by atoms with Crippen molar-refractivity contribution in [2.24, 2.45) is 0 Å². The molecular formula is C16H15BrClF2N. The lowest BCUT2D eigenvalue weighted by Gasteiger charge is -2.19. The van der Waals surface area contributed by atoms with Crippen molar-refractivity contribution in [1.29, 1.82) is 0 Å². The number of rotatable bonds is 5. The van der Waals surface area contributed by atoms with Crippen LogP contribution in [-0.2, 0) is 6.42 Å². The van der Waals surface area contributed by atoms with Crippen LogP contribution in [0.3, 0.4) is 0 Å². The Balaban J connectivity index is 2.28. The molecule has 112 valence electrons. The van der Waals surface area contributed by atoms with Crippen LogP contribution in [0, 0.1) is 11.6 Å². The molecule has 0 radical (unpaired) electrons. The van der Waals surface area contributed by atoms with Gasteiger partial charge in [-0.15, -0.1) is 0 Å². The van der Waals surface area contributed by atoms with Gasteiger partial charge in [0.1, 0.15) is 11.6 Å². The summed E-state index contributed by atoms with van der Waals surface area (Å²) >= 11 is 9.21. The number of likely N-dealkylation sites (N-methyl/N-ethyl adjacent to an activating group) is 1. The Morgan fingerprint density at radius 1 is 1.19 bits per heavy atom. The van der Waals surface area contributed by atoms with Crippen LogP contribution in [-0.4, -0.2) is 6.54 Å². The van der Waals surface area contributed by atoms with Crippen LogP contribution in [0.15, 0.2) is 40.9 Å². The molecule has 0 amide bonds. The quantitative estimate of drug-likeness (QED) is 0.751. The van der Waals surface area contributed by atoms with Gasteiger partial charge < -0.3 is 5.32 Å². The molecule has 0 fully saturated rings. The van der Waals surface area contributed by atoms with Crippen molar-refractivity contribution >= 4 is 27.5 Å². The van der Waals surface area contributed by atoms with Crippen molar-refractivity contribution in [3.05, 3.63) is 68.7 Å². The van der Waals surface area contributed by atoms with Crippen molar-refractivity contribution in [1.82, 2.24) is 5.32 Å². The first-order valence-electron chi connectivity index (χ1n) is 6.63. The zero-order valence-electron chi connectivity index (χ0n) is 11.5. The van der Waals surface area contributed by atoms with Crippen molar-refractivity contribution in [2.75, 3.05) is 6.54 Å². The fraction of sp³-hybridized carbons (Fsp3) is 0.250. The predicted molar refractivity (Wildman–Crippen MR) is 85.6 cm³/mol. The van der Waals surface area contributed by atoms with E-state index in [-0.39, 0.29) is 17.7 Å². The average molecular weight is 375 g/mol. The SMILES string of the molecule is CCNC(Cc1ccc(F)cc1Cl)c1ccc(Br)c(F)c1. The molecule has 0 bridgehead atoms. The topological polar surface area (TPSA) is 12.0 Å². The fourth-order valence-electron chi connectivity index (χ4n) is 2.19. The third kappa shape index (κ3) is 4.25. The van der Waals surface area contributed by atoms with Crippen LogP contribution in [0.4, 0.5) is 8.78 Å². The number of benzene rings is 2. The Morgan fingerprint density at radius 2 is 1.95 bits per heavy atom. The van der Waals surface area contributed by atoms with Gasteiger partial charge in [0, 0.05) is 11.1 Å². The van der Waals surface area contributed by atoms with Crippen LogP contribution in [0.1, 0.15) is 24.1 Å². The molecule has 0 saturated carbocycles. The molecule has 0 heterocycles. The molecule has 0 spiro atoms. The van der Waals surface area contributed by atoms with Crippen LogP contribution in [0.25, 0.3) is 0 Å². The summed E-state index contributed by atoms with van der Waals surface area (Å²) in [5, 5.41) is 3.69. The summed E-state index contributed by atoms with van der Waals surface area (Å²) in [4.78, 5) is 0. The van der Waals surface area contributed by atoms with E-state index in [1.54, 1.807) is 12.1 Å². The van der Waals surface area contributed by atoms with E-state index in [1.165, 1.54) is 18.2 Å². The molecule has 21 heavy (non-hydrogen) atoms. The lowest BCUT2D eigenvalue weighted by Crippen LogP contribution is -2.23. The number of hydrogen-bond donors (Lipinski definition) is 1. The highest BCUT2D eigenvalue weighted by Gasteiger charge is 2.15. The normalized spacial score (nSPS) is 12.4. The van der Waals surface area contributed by atoms with E-state index in [0.29, 0.717) is 15.9 Å². The van der Waals surface area contributed by atoms with Gasteiger partial charge in [0.05, 0.1) is 4.47 Å². The van der Waals surface area contributed by atoms with Gasteiger partial charge in [-0.1, -0.05) is 30.7 Å². The maximum Gasteiger partial charge on any atom is 0.137 e. The fourth-order valence-corrected chi connectivity index (χ4v) is 2.68. The summed E-state index contributed by atoms with van der Waals surface area (Å²) < 4.78 is 27.2. The second kappa shape index (κ2) is 7.34. The summed E-state index contributed by atoms with van der Waals surface area (Å²) in [5.41, 5.74) is 1.66. The minimum atomic E-state index is -0.363. The zero-order chi connectivity index (χ0) is 15.4. The van der Waals surface area contributed by atoms with E-state index in [1.807, 2.05) is 13.0 Å². The summed E-state index contributed by atoms with van der Waals surface area (Å²) in [7, 11) is 0. The molecule has 1 nitrogen and oxygen atoms in total. The van der Waals surface area contributed by atoms with Crippen LogP contribution in [0.5, 0.6) is 0 Å². The maximum absolute atomic E-state index is 13.7. The van der Waals surface area contributed by atoms with Crippen molar-refractivity contribution in [2.45, 2.75) is 19.4 Å². The summed E-state index contributed by atoms with van der Waals surface area (Å²) in [6.45, 7) is 2.72. The van der Waals surface area contributed by atoms with Gasteiger partial charge in [-0.2, -0.15) is 0 Å². The van der Waals surface area contributed by atoms with Gasteiger partial charge in [-0.05, 0) is 64.3 Å². The summed E-state index contributed by atoms with van der Waals surface area (Å²) in [5.74, 6) is -0.668. The third-order valence-electron chi connectivity index (χ3n) is 3.24. The van der Waals surface area contributed by atoms with Gasteiger partial charge in [0.25, 0.3) is 0 Å². The molecule has 1 atom stereocenters. The highest BCUT2D eigenvalue weighted by molar-refractivity contribution is 9.10. The number of halogens is 4. The molecule has 2 aromatic carbocycles. The van der Waals surface area contributed by atoms with Crippen LogP contribution in [0.2, 0.25) is 5.02 Å². The third-order valence-corrected chi connectivity index (χ3v) is 4.23. The lowest BCUT2D eigenvalue weighted by atomic mass is 9.98. The Bertz CT molecular complexity index is 634. The van der Waals surface area contributed by atoms with E-state index in [4.69, 9.17) is 11.6 Å². The molecular weight excluding hydrogens is 360 g/mol. The Hall–Kier alpha value is -0.970. The standard InChI is InChI=1S/C16H15BrClF2N/c1-2-21-16(11-4-6-13(17)15(20)7-11)8-10-3-5-12(19)9-14(10)18/h3-7,9,16,21H,2,8H2,1H3. The van der Waals surface area contributed by atoms with Crippen molar-refractivity contribution in [3.8, 4) is 0 Å². The van der Waals surface area contributed by atoms with Crippen LogP contribution < -0.4 is 5.32 Å². The second-order valence-corrected chi connectivity index (χ2v) is 5.99. The molecule has 0 aromatic heterocycles.